The normalized spacial score (nSPS) is 13.0. The number of carbonyl (C=O) groups excluding carboxylic acids is 1. The van der Waals surface area contributed by atoms with Crippen molar-refractivity contribution in [3.8, 4) is 0 Å². The van der Waals surface area contributed by atoms with Gasteiger partial charge in [0.05, 0.1) is 11.4 Å². The minimum Gasteiger partial charge on any atom is -0.360 e. The van der Waals surface area contributed by atoms with Gasteiger partial charge >= 0.3 is 0 Å². The molecule has 0 aliphatic carbocycles. The molecule has 1 aromatic heterocycles. The van der Waals surface area contributed by atoms with Gasteiger partial charge in [-0.15, -0.1) is 0 Å². The zero-order valence-electron chi connectivity index (χ0n) is 14.2. The molecule has 0 fully saturated rings. The molecule has 1 atom stereocenters. The van der Waals surface area contributed by atoms with E-state index in [1.807, 2.05) is 6.92 Å². The van der Waals surface area contributed by atoms with Crippen molar-refractivity contribution in [2.24, 2.45) is 0 Å². The number of aromatic nitrogens is 1. The zero-order chi connectivity index (χ0) is 18.6. The van der Waals surface area contributed by atoms with Gasteiger partial charge in [-0.25, -0.2) is 8.42 Å². The second kappa shape index (κ2) is 8.11. The third-order valence-corrected chi connectivity index (χ3v) is 6.20. The maximum atomic E-state index is 12.9. The quantitative estimate of drug-likeness (QED) is 0.729. The van der Waals surface area contributed by atoms with Crippen LogP contribution in [0.2, 0.25) is 0 Å². The average molecular weight is 430 g/mol. The zero-order valence-corrected chi connectivity index (χ0v) is 16.6. The molecule has 0 aliphatic rings. The summed E-state index contributed by atoms with van der Waals surface area (Å²) in [7, 11) is -3.80. The monoisotopic (exact) mass is 429 g/mol. The summed E-state index contributed by atoms with van der Waals surface area (Å²) in [4.78, 5) is 12.4. The van der Waals surface area contributed by atoms with E-state index in [9.17, 15) is 13.2 Å². The maximum Gasteiger partial charge on any atom is 0.243 e. The number of amides is 1. The molecular weight excluding hydrogens is 410 g/mol. The number of benzene rings is 1. The summed E-state index contributed by atoms with van der Waals surface area (Å²) in [5.41, 5.74) is 0. The Balaban J connectivity index is 2.23. The van der Waals surface area contributed by atoms with Gasteiger partial charge in [0.15, 0.2) is 5.82 Å². The van der Waals surface area contributed by atoms with Gasteiger partial charge in [-0.05, 0) is 44.5 Å². The van der Waals surface area contributed by atoms with E-state index in [1.54, 1.807) is 32.0 Å². The van der Waals surface area contributed by atoms with Crippen LogP contribution in [0, 0.1) is 6.92 Å². The minimum atomic E-state index is -3.80. The lowest BCUT2D eigenvalue weighted by Gasteiger charge is -2.27. The first-order chi connectivity index (χ1) is 11.7. The molecule has 0 spiro atoms. The first-order valence-corrected chi connectivity index (χ1v) is 9.98. The van der Waals surface area contributed by atoms with Crippen LogP contribution >= 0.6 is 15.9 Å². The number of hydrogen-bond acceptors (Lipinski definition) is 5. The molecule has 0 saturated carbocycles. The van der Waals surface area contributed by atoms with Crippen LogP contribution in [0.25, 0.3) is 0 Å². The van der Waals surface area contributed by atoms with E-state index in [0.29, 0.717) is 12.2 Å². The van der Waals surface area contributed by atoms with E-state index >= 15 is 0 Å². The van der Waals surface area contributed by atoms with Crippen LogP contribution in [-0.4, -0.2) is 36.4 Å². The standard InChI is InChI=1S/C16H20BrN3O4S/c1-4-11(2)20(10-16(21)18-15-9-12(3)24-19-15)25(22,23)14-7-5-13(17)6-8-14/h5-9,11H,4,10H2,1-3H3,(H,18,19,21). The number of sulfonamides is 1. The summed E-state index contributed by atoms with van der Waals surface area (Å²) in [5, 5.41) is 6.23. The van der Waals surface area contributed by atoms with E-state index in [-0.39, 0.29) is 23.3 Å². The molecule has 7 nitrogen and oxygen atoms in total. The molecule has 0 radical (unpaired) electrons. The Morgan fingerprint density at radius 2 is 2.00 bits per heavy atom. The first-order valence-electron chi connectivity index (χ1n) is 7.74. The van der Waals surface area contributed by atoms with Gasteiger partial charge in [0.1, 0.15) is 5.76 Å². The Hall–Kier alpha value is -1.71. The molecular formula is C16H20BrN3O4S. The molecule has 9 heteroatoms. The second-order valence-corrected chi connectivity index (χ2v) is 8.44. The molecule has 1 heterocycles. The maximum absolute atomic E-state index is 12.9. The largest absolute Gasteiger partial charge is 0.360 e. The highest BCUT2D eigenvalue weighted by Gasteiger charge is 2.30. The van der Waals surface area contributed by atoms with Crippen molar-refractivity contribution in [2.75, 3.05) is 11.9 Å². The van der Waals surface area contributed by atoms with Crippen LogP contribution in [0.1, 0.15) is 26.0 Å². The number of halogens is 1. The van der Waals surface area contributed by atoms with Crippen LogP contribution in [0.5, 0.6) is 0 Å². The lowest BCUT2D eigenvalue weighted by atomic mass is 10.2. The fourth-order valence-corrected chi connectivity index (χ4v) is 4.10. The van der Waals surface area contributed by atoms with Crippen molar-refractivity contribution < 1.29 is 17.7 Å². The lowest BCUT2D eigenvalue weighted by Crippen LogP contribution is -2.43. The average Bonchev–Trinajstić information content (AvgIpc) is 2.97. The Labute approximate surface area is 155 Å². The molecule has 0 saturated heterocycles. The van der Waals surface area contributed by atoms with Gasteiger partial charge in [0.2, 0.25) is 15.9 Å². The smallest absolute Gasteiger partial charge is 0.243 e. The topological polar surface area (TPSA) is 92.5 Å². The highest BCUT2D eigenvalue weighted by molar-refractivity contribution is 9.10. The highest BCUT2D eigenvalue weighted by Crippen LogP contribution is 2.22. The number of nitrogens with one attached hydrogen (secondary N) is 1. The van der Waals surface area contributed by atoms with E-state index in [1.165, 1.54) is 16.4 Å². The number of rotatable bonds is 7. The summed E-state index contributed by atoms with van der Waals surface area (Å²) in [6.45, 7) is 5.03. The molecule has 1 N–H and O–H groups in total. The van der Waals surface area contributed by atoms with Crippen LogP contribution in [0.15, 0.2) is 44.2 Å². The van der Waals surface area contributed by atoms with Gasteiger partial charge in [-0.1, -0.05) is 28.0 Å². The van der Waals surface area contributed by atoms with Crippen molar-refractivity contribution in [1.82, 2.24) is 9.46 Å². The Morgan fingerprint density at radius 1 is 1.36 bits per heavy atom. The summed E-state index contributed by atoms with van der Waals surface area (Å²) >= 11 is 3.28. The fourth-order valence-electron chi connectivity index (χ4n) is 2.17. The van der Waals surface area contributed by atoms with E-state index in [4.69, 9.17) is 4.52 Å². The Kier molecular flexibility index (Phi) is 6.36. The van der Waals surface area contributed by atoms with Gasteiger partial charge in [-0.2, -0.15) is 4.31 Å². The van der Waals surface area contributed by atoms with Crippen molar-refractivity contribution >= 4 is 37.7 Å². The third-order valence-electron chi connectivity index (χ3n) is 3.70. The molecule has 1 amide bonds. The molecule has 1 unspecified atom stereocenters. The minimum absolute atomic E-state index is 0.140. The van der Waals surface area contributed by atoms with Crippen molar-refractivity contribution in [3.63, 3.8) is 0 Å². The predicted molar refractivity (Wildman–Crippen MR) is 97.7 cm³/mol. The van der Waals surface area contributed by atoms with Crippen molar-refractivity contribution in [3.05, 3.63) is 40.6 Å². The van der Waals surface area contributed by atoms with Crippen molar-refractivity contribution in [2.45, 2.75) is 38.1 Å². The molecule has 1 aromatic carbocycles. The summed E-state index contributed by atoms with van der Waals surface area (Å²) in [5.74, 6) is 0.332. The first kappa shape index (κ1) is 19.6. The number of carbonyl (C=O) groups is 1. The summed E-state index contributed by atoms with van der Waals surface area (Å²) in [6, 6.07) is 7.55. The van der Waals surface area contributed by atoms with E-state index < -0.39 is 15.9 Å². The third kappa shape index (κ3) is 4.90. The predicted octanol–water partition coefficient (Wildman–Crippen LogP) is 3.17. The molecule has 136 valence electrons. The summed E-state index contributed by atoms with van der Waals surface area (Å²) in [6.07, 6.45) is 0.576. The SMILES string of the molecule is CCC(C)N(CC(=O)Nc1cc(C)on1)S(=O)(=O)c1ccc(Br)cc1. The number of nitrogens with zero attached hydrogens (tertiary/aromatic N) is 2. The molecule has 25 heavy (non-hydrogen) atoms. The molecule has 0 aliphatic heterocycles. The van der Waals surface area contributed by atoms with Gasteiger partial charge in [-0.3, -0.25) is 4.79 Å². The van der Waals surface area contributed by atoms with E-state index in [0.717, 1.165) is 4.47 Å². The fraction of sp³-hybridized carbons (Fsp3) is 0.375. The van der Waals surface area contributed by atoms with Crippen LogP contribution < -0.4 is 5.32 Å². The molecule has 2 rings (SSSR count). The van der Waals surface area contributed by atoms with Gasteiger partial charge in [0.25, 0.3) is 0 Å². The number of anilines is 1. The molecule has 2 aromatic rings. The summed E-state index contributed by atoms with van der Waals surface area (Å²) < 4.78 is 32.7. The van der Waals surface area contributed by atoms with Crippen LogP contribution in [-0.2, 0) is 14.8 Å². The van der Waals surface area contributed by atoms with Crippen LogP contribution in [0.4, 0.5) is 5.82 Å². The Morgan fingerprint density at radius 3 is 2.52 bits per heavy atom. The van der Waals surface area contributed by atoms with E-state index in [2.05, 4.69) is 26.4 Å². The Bertz CT molecular complexity index is 833. The number of hydrogen-bond donors (Lipinski definition) is 1. The number of aryl methyl sites for hydroxylation is 1. The molecule has 0 bridgehead atoms. The lowest BCUT2D eigenvalue weighted by molar-refractivity contribution is -0.116. The van der Waals surface area contributed by atoms with Crippen molar-refractivity contribution in [1.29, 1.82) is 0 Å². The second-order valence-electron chi connectivity index (χ2n) is 5.63. The highest BCUT2D eigenvalue weighted by atomic mass is 79.9. The van der Waals surface area contributed by atoms with Crippen LogP contribution in [0.3, 0.4) is 0 Å². The van der Waals surface area contributed by atoms with Gasteiger partial charge < -0.3 is 9.84 Å². The van der Waals surface area contributed by atoms with Gasteiger partial charge in [0, 0.05) is 16.6 Å².